The maximum Gasteiger partial charge on any atom is 0.319 e. The second kappa shape index (κ2) is 7.86. The number of urea groups is 1. The fraction of sp³-hybridized carbons (Fsp3) is 0.316. The first-order chi connectivity index (χ1) is 12.2. The number of nitrogens with zero attached hydrogens (tertiary/aromatic N) is 1. The summed E-state index contributed by atoms with van der Waals surface area (Å²) in [6, 6.07) is 13.1. The molecule has 138 valence electrons. The number of nitro benzene ring substituents is 1. The largest absolute Gasteiger partial charge is 0.496 e. The predicted molar refractivity (Wildman–Crippen MR) is 100 cm³/mol. The van der Waals surface area contributed by atoms with E-state index in [9.17, 15) is 14.9 Å². The highest BCUT2D eigenvalue weighted by Gasteiger charge is 2.28. The van der Waals surface area contributed by atoms with Crippen LogP contribution in [0.3, 0.4) is 0 Å². The molecular weight excluding hydrogens is 334 g/mol. The Kier molecular flexibility index (Phi) is 5.82. The van der Waals surface area contributed by atoms with Crippen LogP contribution in [0.15, 0.2) is 48.5 Å². The fourth-order valence-corrected chi connectivity index (χ4v) is 2.63. The molecule has 0 bridgehead atoms. The number of nitro groups is 1. The van der Waals surface area contributed by atoms with E-state index in [4.69, 9.17) is 4.74 Å². The highest BCUT2D eigenvalue weighted by molar-refractivity contribution is 5.92. The van der Waals surface area contributed by atoms with Crippen LogP contribution in [0.2, 0.25) is 0 Å². The molecule has 0 unspecified atom stereocenters. The van der Waals surface area contributed by atoms with Crippen LogP contribution in [0, 0.1) is 15.5 Å². The zero-order valence-electron chi connectivity index (χ0n) is 15.3. The molecule has 2 rings (SSSR count). The van der Waals surface area contributed by atoms with Crippen molar-refractivity contribution in [1.29, 1.82) is 0 Å². The number of nitrogens with one attached hydrogen (secondary N) is 2. The van der Waals surface area contributed by atoms with E-state index in [-0.39, 0.29) is 22.8 Å². The molecule has 0 fully saturated rings. The Morgan fingerprint density at radius 3 is 2.35 bits per heavy atom. The van der Waals surface area contributed by atoms with Crippen molar-refractivity contribution in [2.45, 2.75) is 26.8 Å². The van der Waals surface area contributed by atoms with Gasteiger partial charge >= 0.3 is 6.03 Å². The Morgan fingerprint density at radius 2 is 1.81 bits per heavy atom. The standard InChI is InChI=1S/C19H23N3O4/c1-19(2,3)17(13-8-6-5-7-9-13)21-18(23)20-15-11-10-14(26-4)12-16(15)22(24)25/h5-12,17H,1-4H3,(H2,20,21,23)/t17-/m0/s1. The van der Waals surface area contributed by atoms with Gasteiger partial charge in [0.1, 0.15) is 11.4 Å². The Balaban J connectivity index is 2.23. The molecule has 0 radical (unpaired) electrons. The van der Waals surface area contributed by atoms with Gasteiger partial charge < -0.3 is 15.4 Å². The number of benzene rings is 2. The van der Waals surface area contributed by atoms with Crippen molar-refractivity contribution in [2.24, 2.45) is 5.41 Å². The van der Waals surface area contributed by atoms with E-state index in [0.29, 0.717) is 5.75 Å². The predicted octanol–water partition coefficient (Wildman–Crippen LogP) is 4.51. The normalized spacial score (nSPS) is 12.2. The van der Waals surface area contributed by atoms with E-state index < -0.39 is 11.0 Å². The number of anilines is 1. The van der Waals surface area contributed by atoms with Crippen molar-refractivity contribution in [3.05, 3.63) is 64.2 Å². The van der Waals surface area contributed by atoms with E-state index in [0.717, 1.165) is 5.56 Å². The van der Waals surface area contributed by atoms with Gasteiger partial charge in [0.2, 0.25) is 0 Å². The van der Waals surface area contributed by atoms with Gasteiger partial charge in [0.05, 0.1) is 24.1 Å². The third-order valence-corrected chi connectivity index (χ3v) is 3.92. The lowest BCUT2D eigenvalue weighted by Gasteiger charge is -2.32. The number of amides is 2. The van der Waals surface area contributed by atoms with E-state index in [1.165, 1.54) is 19.2 Å². The summed E-state index contributed by atoms with van der Waals surface area (Å²) >= 11 is 0. The molecular formula is C19H23N3O4. The molecule has 1 atom stereocenters. The topological polar surface area (TPSA) is 93.5 Å². The lowest BCUT2D eigenvalue weighted by Crippen LogP contribution is -2.39. The first-order valence-electron chi connectivity index (χ1n) is 8.17. The molecule has 2 N–H and O–H groups in total. The minimum Gasteiger partial charge on any atom is -0.496 e. The van der Waals surface area contributed by atoms with Gasteiger partial charge in [0.15, 0.2) is 0 Å². The van der Waals surface area contributed by atoms with E-state index >= 15 is 0 Å². The first-order valence-corrected chi connectivity index (χ1v) is 8.17. The zero-order valence-corrected chi connectivity index (χ0v) is 15.3. The second-order valence-corrected chi connectivity index (χ2v) is 6.95. The smallest absolute Gasteiger partial charge is 0.319 e. The van der Waals surface area contributed by atoms with Gasteiger partial charge in [0.25, 0.3) is 5.69 Å². The molecule has 0 heterocycles. The van der Waals surface area contributed by atoms with Crippen LogP contribution < -0.4 is 15.4 Å². The van der Waals surface area contributed by atoms with Crippen LogP contribution in [0.25, 0.3) is 0 Å². The molecule has 0 saturated heterocycles. The summed E-state index contributed by atoms with van der Waals surface area (Å²) in [6.45, 7) is 6.04. The summed E-state index contributed by atoms with van der Waals surface area (Å²) in [5, 5.41) is 16.7. The van der Waals surface area contributed by atoms with Gasteiger partial charge in [-0.1, -0.05) is 51.1 Å². The summed E-state index contributed by atoms with van der Waals surface area (Å²) in [5.41, 5.74) is 0.588. The van der Waals surface area contributed by atoms with Gasteiger partial charge in [-0.2, -0.15) is 0 Å². The molecule has 2 amide bonds. The van der Waals surface area contributed by atoms with E-state index in [2.05, 4.69) is 10.6 Å². The van der Waals surface area contributed by atoms with Crippen molar-refractivity contribution in [1.82, 2.24) is 5.32 Å². The Bertz CT molecular complexity index is 785. The first kappa shape index (κ1) is 19.2. The summed E-state index contributed by atoms with van der Waals surface area (Å²) in [5.74, 6) is 0.347. The maximum atomic E-state index is 12.5. The van der Waals surface area contributed by atoms with E-state index in [1.54, 1.807) is 6.07 Å². The molecule has 7 heteroatoms. The van der Waals surface area contributed by atoms with Crippen LogP contribution in [-0.4, -0.2) is 18.1 Å². The van der Waals surface area contributed by atoms with Crippen molar-refractivity contribution < 1.29 is 14.5 Å². The summed E-state index contributed by atoms with van der Waals surface area (Å²) in [6.07, 6.45) is 0. The Labute approximate surface area is 152 Å². The summed E-state index contributed by atoms with van der Waals surface area (Å²) < 4.78 is 5.00. The zero-order chi connectivity index (χ0) is 19.3. The number of hydrogen-bond acceptors (Lipinski definition) is 4. The number of carbonyl (C=O) groups excluding carboxylic acids is 1. The van der Waals surface area contributed by atoms with Gasteiger partial charge in [-0.15, -0.1) is 0 Å². The molecule has 0 spiro atoms. The monoisotopic (exact) mass is 357 g/mol. The van der Waals surface area contributed by atoms with Crippen LogP contribution in [0.4, 0.5) is 16.2 Å². The van der Waals surface area contributed by atoms with Crippen molar-refractivity contribution >= 4 is 17.4 Å². The number of rotatable bonds is 5. The molecule has 26 heavy (non-hydrogen) atoms. The Morgan fingerprint density at radius 1 is 1.15 bits per heavy atom. The molecule has 2 aromatic carbocycles. The molecule has 0 aliphatic heterocycles. The van der Waals surface area contributed by atoms with Crippen molar-refractivity contribution in [3.8, 4) is 5.75 Å². The molecule has 7 nitrogen and oxygen atoms in total. The fourth-order valence-electron chi connectivity index (χ4n) is 2.63. The van der Waals surface area contributed by atoms with Crippen LogP contribution in [0.1, 0.15) is 32.4 Å². The number of hydrogen-bond donors (Lipinski definition) is 2. The summed E-state index contributed by atoms with van der Waals surface area (Å²) in [4.78, 5) is 23.2. The third kappa shape index (κ3) is 4.72. The highest BCUT2D eigenvalue weighted by atomic mass is 16.6. The second-order valence-electron chi connectivity index (χ2n) is 6.95. The quantitative estimate of drug-likeness (QED) is 0.608. The minimum absolute atomic E-state index is 0.106. The van der Waals surface area contributed by atoms with E-state index in [1.807, 2.05) is 51.1 Å². The lowest BCUT2D eigenvalue weighted by molar-refractivity contribution is -0.384. The maximum absolute atomic E-state index is 12.5. The average Bonchev–Trinajstić information content (AvgIpc) is 2.59. The highest BCUT2D eigenvalue weighted by Crippen LogP contribution is 2.33. The third-order valence-electron chi connectivity index (χ3n) is 3.92. The van der Waals surface area contributed by atoms with Crippen LogP contribution in [0.5, 0.6) is 5.75 Å². The van der Waals surface area contributed by atoms with Crippen molar-refractivity contribution in [2.75, 3.05) is 12.4 Å². The van der Waals surface area contributed by atoms with Crippen molar-refractivity contribution in [3.63, 3.8) is 0 Å². The SMILES string of the molecule is COc1ccc(NC(=O)N[C@@H](c2ccccc2)C(C)(C)C)c([N+](=O)[O-])c1. The molecule has 0 aromatic heterocycles. The lowest BCUT2D eigenvalue weighted by atomic mass is 9.82. The molecule has 0 aliphatic rings. The molecule has 0 aliphatic carbocycles. The minimum atomic E-state index is -0.559. The Hall–Kier alpha value is -3.09. The molecule has 2 aromatic rings. The van der Waals surface area contributed by atoms with Gasteiger partial charge in [0, 0.05) is 0 Å². The number of carbonyl (C=O) groups is 1. The van der Waals surface area contributed by atoms with Gasteiger partial charge in [-0.3, -0.25) is 10.1 Å². The number of methoxy groups -OCH3 is 1. The van der Waals surface area contributed by atoms with Crippen LogP contribution in [-0.2, 0) is 0 Å². The number of ether oxygens (including phenoxy) is 1. The average molecular weight is 357 g/mol. The van der Waals surface area contributed by atoms with Crippen LogP contribution >= 0.6 is 0 Å². The van der Waals surface area contributed by atoms with Gasteiger partial charge in [-0.05, 0) is 23.1 Å². The molecule has 0 saturated carbocycles. The summed E-state index contributed by atoms with van der Waals surface area (Å²) in [7, 11) is 1.42. The van der Waals surface area contributed by atoms with Gasteiger partial charge in [-0.25, -0.2) is 4.79 Å².